The molecule has 20 heavy (non-hydrogen) atoms. The van der Waals surface area contributed by atoms with Gasteiger partial charge in [-0.3, -0.25) is 4.90 Å². The lowest BCUT2D eigenvalue weighted by molar-refractivity contribution is 0.235. The fourth-order valence-corrected chi connectivity index (χ4v) is 3.17. The highest BCUT2D eigenvalue weighted by Gasteiger charge is 2.07. The number of nitrogens with one attached hydrogen (secondary N) is 1. The van der Waals surface area contributed by atoms with Crippen LogP contribution in [0, 0.1) is 0 Å². The van der Waals surface area contributed by atoms with Gasteiger partial charge in [0.2, 0.25) is 0 Å². The molecule has 4 heteroatoms. The topological polar surface area (TPSA) is 18.5 Å². The van der Waals surface area contributed by atoms with Crippen molar-refractivity contribution < 1.29 is 0 Å². The molecule has 0 aliphatic heterocycles. The highest BCUT2D eigenvalue weighted by molar-refractivity contribution is 7.11. The smallest absolute Gasteiger partial charge is 0.0328 e. The Hall–Kier alpha value is -0.420. The predicted octanol–water partition coefficient (Wildman–Crippen LogP) is 3.02. The third-order valence-corrected chi connectivity index (χ3v) is 4.30. The van der Waals surface area contributed by atoms with Crippen molar-refractivity contribution in [2.24, 2.45) is 0 Å². The minimum atomic E-state index is 1.02. The molecule has 0 radical (unpaired) electrons. The normalized spacial score (nSPS) is 11.7. The summed E-state index contributed by atoms with van der Waals surface area (Å²) in [6, 6.07) is 4.57. The zero-order valence-corrected chi connectivity index (χ0v) is 14.4. The molecule has 0 aromatic carbocycles. The zero-order valence-electron chi connectivity index (χ0n) is 13.6. The van der Waals surface area contributed by atoms with E-state index in [1.807, 2.05) is 11.3 Å². The summed E-state index contributed by atoms with van der Waals surface area (Å²) in [6.07, 6.45) is 2.43. The molecule has 1 aromatic heterocycles. The molecule has 1 N–H and O–H groups in total. The van der Waals surface area contributed by atoms with Crippen molar-refractivity contribution in [1.82, 2.24) is 15.1 Å². The molecule has 0 amide bonds. The van der Waals surface area contributed by atoms with Gasteiger partial charge in [-0.25, -0.2) is 0 Å². The first kappa shape index (κ1) is 17.6. The van der Waals surface area contributed by atoms with Gasteiger partial charge in [0.1, 0.15) is 0 Å². The molecule has 0 saturated carbocycles. The van der Waals surface area contributed by atoms with Gasteiger partial charge in [-0.15, -0.1) is 11.3 Å². The second-order valence-electron chi connectivity index (χ2n) is 5.62. The van der Waals surface area contributed by atoms with Crippen molar-refractivity contribution in [3.63, 3.8) is 0 Å². The lowest BCUT2D eigenvalue weighted by Crippen LogP contribution is -2.31. The summed E-state index contributed by atoms with van der Waals surface area (Å²) < 4.78 is 0. The maximum atomic E-state index is 3.47. The van der Waals surface area contributed by atoms with Crippen LogP contribution in [0.25, 0.3) is 0 Å². The Bertz CT molecular complexity index is 349. The first-order valence-electron chi connectivity index (χ1n) is 7.81. The number of nitrogens with zero attached hydrogens (tertiary/aromatic N) is 2. The molecule has 1 aromatic rings. The van der Waals surface area contributed by atoms with Crippen LogP contribution in [-0.2, 0) is 13.1 Å². The highest BCUT2D eigenvalue weighted by atomic mass is 32.1. The van der Waals surface area contributed by atoms with Crippen LogP contribution in [-0.4, -0.2) is 50.1 Å². The molecule has 0 bridgehead atoms. The van der Waals surface area contributed by atoms with Gasteiger partial charge in [-0.2, -0.15) is 0 Å². The van der Waals surface area contributed by atoms with Gasteiger partial charge in [0.25, 0.3) is 0 Å². The molecule has 3 nitrogen and oxygen atoms in total. The summed E-state index contributed by atoms with van der Waals surface area (Å²) in [7, 11) is 4.29. The van der Waals surface area contributed by atoms with Crippen LogP contribution in [0.5, 0.6) is 0 Å². The Labute approximate surface area is 129 Å². The average molecular weight is 298 g/mol. The van der Waals surface area contributed by atoms with Gasteiger partial charge in [0.05, 0.1) is 0 Å². The maximum Gasteiger partial charge on any atom is 0.0328 e. The van der Waals surface area contributed by atoms with Crippen molar-refractivity contribution in [2.45, 2.75) is 39.8 Å². The third-order valence-electron chi connectivity index (χ3n) is 3.23. The second-order valence-corrected chi connectivity index (χ2v) is 6.88. The van der Waals surface area contributed by atoms with Crippen molar-refractivity contribution in [1.29, 1.82) is 0 Å². The van der Waals surface area contributed by atoms with Crippen molar-refractivity contribution in [3.8, 4) is 0 Å². The van der Waals surface area contributed by atoms with E-state index in [2.05, 4.69) is 55.2 Å². The lowest BCUT2D eigenvalue weighted by Gasteiger charge is -2.22. The summed E-state index contributed by atoms with van der Waals surface area (Å²) in [5.41, 5.74) is 0. The van der Waals surface area contributed by atoms with Crippen LogP contribution in [0.1, 0.15) is 36.4 Å². The molecule has 0 saturated heterocycles. The standard InChI is InChI=1S/C16H31N3S/c1-5-9-17-13-15-7-8-16(20-15)14-19(10-6-2)12-11-18(3)4/h7-8,17H,5-6,9-14H2,1-4H3. The molecular weight excluding hydrogens is 266 g/mol. The molecule has 116 valence electrons. The minimum absolute atomic E-state index is 1.02. The average Bonchev–Trinajstić information content (AvgIpc) is 2.84. The van der Waals surface area contributed by atoms with Crippen LogP contribution in [0.3, 0.4) is 0 Å². The van der Waals surface area contributed by atoms with E-state index in [0.29, 0.717) is 0 Å². The van der Waals surface area contributed by atoms with Gasteiger partial charge in [-0.1, -0.05) is 13.8 Å². The Kier molecular flexibility index (Phi) is 9.10. The van der Waals surface area contributed by atoms with E-state index in [0.717, 1.165) is 32.7 Å². The summed E-state index contributed by atoms with van der Waals surface area (Å²) >= 11 is 1.95. The second kappa shape index (κ2) is 10.3. The van der Waals surface area contributed by atoms with Gasteiger partial charge in [0, 0.05) is 35.9 Å². The van der Waals surface area contributed by atoms with Gasteiger partial charge in [0.15, 0.2) is 0 Å². The number of likely N-dealkylation sites (N-methyl/N-ethyl adjacent to an activating group) is 1. The maximum absolute atomic E-state index is 3.47. The van der Waals surface area contributed by atoms with E-state index in [1.54, 1.807) is 0 Å². The van der Waals surface area contributed by atoms with Crippen LogP contribution in [0.2, 0.25) is 0 Å². The zero-order chi connectivity index (χ0) is 14.8. The van der Waals surface area contributed by atoms with Crippen molar-refractivity contribution in [3.05, 3.63) is 21.9 Å². The first-order chi connectivity index (χ1) is 9.65. The van der Waals surface area contributed by atoms with Crippen molar-refractivity contribution in [2.75, 3.05) is 40.3 Å². The van der Waals surface area contributed by atoms with Crippen molar-refractivity contribution >= 4 is 11.3 Å². The van der Waals surface area contributed by atoms with Gasteiger partial charge >= 0.3 is 0 Å². The quantitative estimate of drug-likeness (QED) is 0.633. The Morgan fingerprint density at radius 2 is 1.75 bits per heavy atom. The molecule has 1 rings (SSSR count). The first-order valence-corrected chi connectivity index (χ1v) is 8.62. The molecule has 0 aliphatic rings. The third kappa shape index (κ3) is 7.39. The lowest BCUT2D eigenvalue weighted by atomic mass is 10.3. The van der Waals surface area contributed by atoms with E-state index < -0.39 is 0 Å². The van der Waals surface area contributed by atoms with E-state index in [-0.39, 0.29) is 0 Å². The van der Waals surface area contributed by atoms with E-state index >= 15 is 0 Å². The Morgan fingerprint density at radius 3 is 2.40 bits per heavy atom. The molecule has 0 fully saturated rings. The summed E-state index contributed by atoms with van der Waals surface area (Å²) in [6.45, 7) is 11.2. The fourth-order valence-electron chi connectivity index (χ4n) is 2.14. The Morgan fingerprint density at radius 1 is 1.00 bits per heavy atom. The highest BCUT2D eigenvalue weighted by Crippen LogP contribution is 2.18. The van der Waals surface area contributed by atoms with E-state index in [1.165, 1.54) is 29.1 Å². The number of thiophene rings is 1. The van der Waals surface area contributed by atoms with Crippen LogP contribution >= 0.6 is 11.3 Å². The van der Waals surface area contributed by atoms with Crippen LogP contribution < -0.4 is 5.32 Å². The molecular formula is C16H31N3S. The number of hydrogen-bond donors (Lipinski definition) is 1. The van der Waals surface area contributed by atoms with E-state index in [9.17, 15) is 0 Å². The fraction of sp³-hybridized carbons (Fsp3) is 0.750. The number of rotatable bonds is 11. The van der Waals surface area contributed by atoms with E-state index in [4.69, 9.17) is 0 Å². The minimum Gasteiger partial charge on any atom is -0.312 e. The SMILES string of the molecule is CCCNCc1ccc(CN(CCC)CCN(C)C)s1. The summed E-state index contributed by atoms with van der Waals surface area (Å²) in [5, 5.41) is 3.47. The number of hydrogen-bond acceptors (Lipinski definition) is 4. The monoisotopic (exact) mass is 297 g/mol. The summed E-state index contributed by atoms with van der Waals surface area (Å²) in [4.78, 5) is 7.77. The van der Waals surface area contributed by atoms with Gasteiger partial charge < -0.3 is 10.2 Å². The molecule has 0 spiro atoms. The predicted molar refractivity (Wildman–Crippen MR) is 90.4 cm³/mol. The van der Waals surface area contributed by atoms with Crippen LogP contribution in [0.4, 0.5) is 0 Å². The molecule has 0 aliphatic carbocycles. The molecule has 1 heterocycles. The van der Waals surface area contributed by atoms with Crippen LogP contribution in [0.15, 0.2) is 12.1 Å². The molecule has 0 atom stereocenters. The Balaban J connectivity index is 2.42. The largest absolute Gasteiger partial charge is 0.312 e. The molecule has 0 unspecified atom stereocenters. The summed E-state index contributed by atoms with van der Waals surface area (Å²) in [5.74, 6) is 0. The van der Waals surface area contributed by atoms with Gasteiger partial charge in [-0.05, 0) is 52.2 Å².